The van der Waals surface area contributed by atoms with Crippen LogP contribution in [0.15, 0.2) is 0 Å². The van der Waals surface area contributed by atoms with Crippen LogP contribution in [0.5, 0.6) is 0 Å². The van der Waals surface area contributed by atoms with E-state index in [0.29, 0.717) is 19.0 Å². The molecule has 3 aliphatic rings. The van der Waals surface area contributed by atoms with E-state index in [1.165, 1.54) is 32.1 Å². The van der Waals surface area contributed by atoms with E-state index in [4.69, 9.17) is 0 Å². The van der Waals surface area contributed by atoms with E-state index in [2.05, 4.69) is 6.92 Å². The Hall–Kier alpha value is -1.06. The van der Waals surface area contributed by atoms with Gasteiger partial charge in [0.25, 0.3) is 0 Å². The van der Waals surface area contributed by atoms with Gasteiger partial charge in [-0.05, 0) is 56.3 Å². The monoisotopic (exact) mass is 321 g/mol. The van der Waals surface area contributed by atoms with Gasteiger partial charge in [0.1, 0.15) is 0 Å². The molecule has 2 atom stereocenters. The van der Waals surface area contributed by atoms with Crippen LogP contribution in [0.2, 0.25) is 0 Å². The quantitative estimate of drug-likeness (QED) is 0.814. The van der Waals surface area contributed by atoms with Crippen molar-refractivity contribution in [3.8, 4) is 0 Å². The van der Waals surface area contributed by atoms with Crippen molar-refractivity contribution >= 4 is 11.9 Å². The second-order valence-corrected chi connectivity index (χ2v) is 8.05. The van der Waals surface area contributed by atoms with Gasteiger partial charge in [-0.1, -0.05) is 26.2 Å². The number of carboxylic acid groups (broad SMARTS) is 1. The van der Waals surface area contributed by atoms with Gasteiger partial charge in [-0.2, -0.15) is 0 Å². The van der Waals surface area contributed by atoms with Gasteiger partial charge < -0.3 is 10.0 Å². The number of nitrogens with zero attached hydrogens (tertiary/aromatic N) is 1. The molecule has 1 heterocycles. The maximum Gasteiger partial charge on any atom is 0.308 e. The van der Waals surface area contributed by atoms with Gasteiger partial charge in [-0.15, -0.1) is 0 Å². The van der Waals surface area contributed by atoms with E-state index in [1.807, 2.05) is 4.90 Å². The summed E-state index contributed by atoms with van der Waals surface area (Å²) in [7, 11) is 0. The fourth-order valence-corrected chi connectivity index (χ4v) is 4.72. The lowest BCUT2D eigenvalue weighted by molar-refractivity contribution is -0.143. The minimum Gasteiger partial charge on any atom is -0.481 e. The standard InChI is InChI=1S/C19H31NO3/c1-2-3-4-13-5-7-15(8-6-13)18(21)20-11-16(14-9-10-14)17(12-20)19(22)23/h13-17H,2-12H2,1H3,(H,22,23)/t13?,15?,16-,17+/m1/s1. The molecule has 1 saturated heterocycles. The Morgan fingerprint density at radius 1 is 1.04 bits per heavy atom. The van der Waals surface area contributed by atoms with Gasteiger partial charge in [0.15, 0.2) is 0 Å². The molecule has 1 amide bonds. The zero-order valence-corrected chi connectivity index (χ0v) is 14.4. The van der Waals surface area contributed by atoms with Gasteiger partial charge in [-0.25, -0.2) is 0 Å². The van der Waals surface area contributed by atoms with Crippen molar-refractivity contribution in [1.82, 2.24) is 4.90 Å². The summed E-state index contributed by atoms with van der Waals surface area (Å²) in [6.45, 7) is 3.37. The van der Waals surface area contributed by atoms with Gasteiger partial charge >= 0.3 is 5.97 Å². The molecule has 2 saturated carbocycles. The maximum absolute atomic E-state index is 12.8. The van der Waals surface area contributed by atoms with Crippen molar-refractivity contribution in [3.05, 3.63) is 0 Å². The van der Waals surface area contributed by atoms with Crippen LogP contribution in [0.3, 0.4) is 0 Å². The predicted molar refractivity (Wildman–Crippen MR) is 88.9 cm³/mol. The van der Waals surface area contributed by atoms with Crippen molar-refractivity contribution in [2.24, 2.45) is 29.6 Å². The highest BCUT2D eigenvalue weighted by Gasteiger charge is 2.47. The van der Waals surface area contributed by atoms with Crippen molar-refractivity contribution in [2.45, 2.75) is 64.7 Å². The lowest BCUT2D eigenvalue weighted by Gasteiger charge is -2.30. The van der Waals surface area contributed by atoms with E-state index < -0.39 is 5.97 Å². The van der Waals surface area contributed by atoms with Crippen LogP contribution in [0.4, 0.5) is 0 Å². The molecule has 1 aliphatic heterocycles. The van der Waals surface area contributed by atoms with Crippen molar-refractivity contribution < 1.29 is 14.7 Å². The molecule has 0 aromatic heterocycles. The third kappa shape index (κ3) is 3.89. The summed E-state index contributed by atoms with van der Waals surface area (Å²) in [4.78, 5) is 26.2. The van der Waals surface area contributed by atoms with Crippen LogP contribution in [-0.4, -0.2) is 35.0 Å². The number of rotatable bonds is 6. The molecular formula is C19H31NO3. The van der Waals surface area contributed by atoms with Gasteiger partial charge in [0, 0.05) is 19.0 Å². The number of unbranched alkanes of at least 4 members (excludes halogenated alkanes) is 1. The van der Waals surface area contributed by atoms with E-state index in [1.54, 1.807) is 0 Å². The second-order valence-electron chi connectivity index (χ2n) is 8.05. The third-order valence-electron chi connectivity index (χ3n) is 6.38. The zero-order chi connectivity index (χ0) is 16.4. The van der Waals surface area contributed by atoms with E-state index in [-0.39, 0.29) is 23.7 Å². The van der Waals surface area contributed by atoms with Crippen molar-refractivity contribution in [1.29, 1.82) is 0 Å². The molecule has 130 valence electrons. The van der Waals surface area contributed by atoms with E-state index >= 15 is 0 Å². The number of likely N-dealkylation sites (tertiary alicyclic amines) is 1. The summed E-state index contributed by atoms with van der Waals surface area (Å²) >= 11 is 0. The zero-order valence-electron chi connectivity index (χ0n) is 14.4. The number of hydrogen-bond acceptors (Lipinski definition) is 2. The van der Waals surface area contributed by atoms with E-state index in [9.17, 15) is 14.7 Å². The fourth-order valence-electron chi connectivity index (χ4n) is 4.72. The average molecular weight is 321 g/mol. The Balaban J connectivity index is 1.52. The smallest absolute Gasteiger partial charge is 0.308 e. The first-order valence-corrected chi connectivity index (χ1v) is 9.61. The molecule has 23 heavy (non-hydrogen) atoms. The Labute approximate surface area is 139 Å². The Kier molecular flexibility index (Phi) is 5.27. The summed E-state index contributed by atoms with van der Waals surface area (Å²) in [5, 5.41) is 9.45. The lowest BCUT2D eigenvalue weighted by atomic mass is 9.79. The highest BCUT2D eigenvalue weighted by molar-refractivity contribution is 5.81. The van der Waals surface area contributed by atoms with Crippen LogP contribution >= 0.6 is 0 Å². The maximum atomic E-state index is 12.8. The molecule has 2 aliphatic carbocycles. The number of carbonyl (C=O) groups excluding carboxylic acids is 1. The summed E-state index contributed by atoms with van der Waals surface area (Å²) in [5.41, 5.74) is 0. The highest BCUT2D eigenvalue weighted by atomic mass is 16.4. The first-order valence-electron chi connectivity index (χ1n) is 9.61. The number of amides is 1. The highest BCUT2D eigenvalue weighted by Crippen LogP contribution is 2.44. The normalized spacial score (nSPS) is 34.6. The molecule has 0 unspecified atom stereocenters. The largest absolute Gasteiger partial charge is 0.481 e. The average Bonchev–Trinajstić information content (AvgIpc) is 3.30. The molecule has 3 fully saturated rings. The molecule has 0 spiro atoms. The molecule has 0 bridgehead atoms. The Morgan fingerprint density at radius 3 is 2.30 bits per heavy atom. The molecule has 0 aromatic rings. The van der Waals surface area contributed by atoms with Crippen LogP contribution in [0.25, 0.3) is 0 Å². The molecule has 4 nitrogen and oxygen atoms in total. The van der Waals surface area contributed by atoms with Crippen LogP contribution in [0.1, 0.15) is 64.7 Å². The first-order chi connectivity index (χ1) is 11.1. The minimum atomic E-state index is -0.708. The van der Waals surface area contributed by atoms with Crippen LogP contribution in [-0.2, 0) is 9.59 Å². The number of carboxylic acids is 1. The van der Waals surface area contributed by atoms with Gasteiger partial charge in [-0.3, -0.25) is 9.59 Å². The molecule has 4 heteroatoms. The van der Waals surface area contributed by atoms with Gasteiger partial charge in [0.05, 0.1) is 5.92 Å². The Morgan fingerprint density at radius 2 is 1.74 bits per heavy atom. The van der Waals surface area contributed by atoms with Gasteiger partial charge in [0.2, 0.25) is 5.91 Å². The SMILES string of the molecule is CCCCC1CCC(C(=O)N2C[C@H](C(=O)O)[C@@H](C3CC3)C2)CC1. The molecule has 0 radical (unpaired) electrons. The molecule has 3 rings (SSSR count). The predicted octanol–water partition coefficient (Wildman–Crippen LogP) is 3.55. The summed E-state index contributed by atoms with van der Waals surface area (Å²) in [6.07, 6.45) is 10.6. The number of carbonyl (C=O) groups is 2. The number of hydrogen-bond donors (Lipinski definition) is 1. The summed E-state index contributed by atoms with van der Waals surface area (Å²) in [6, 6.07) is 0. The third-order valence-corrected chi connectivity index (χ3v) is 6.38. The van der Waals surface area contributed by atoms with Crippen molar-refractivity contribution in [3.63, 3.8) is 0 Å². The summed E-state index contributed by atoms with van der Waals surface area (Å²) < 4.78 is 0. The van der Waals surface area contributed by atoms with Crippen LogP contribution in [0, 0.1) is 29.6 Å². The van der Waals surface area contributed by atoms with Crippen LogP contribution < -0.4 is 0 Å². The van der Waals surface area contributed by atoms with Crippen molar-refractivity contribution in [2.75, 3.05) is 13.1 Å². The second kappa shape index (κ2) is 7.23. The number of aliphatic carboxylic acids is 1. The minimum absolute atomic E-state index is 0.153. The molecular weight excluding hydrogens is 290 g/mol. The first kappa shape index (κ1) is 16.8. The Bertz CT molecular complexity index is 438. The molecule has 0 aromatic carbocycles. The topological polar surface area (TPSA) is 57.6 Å². The summed E-state index contributed by atoms with van der Waals surface area (Å²) in [5.74, 6) is 0.931. The lowest BCUT2D eigenvalue weighted by Crippen LogP contribution is -2.37. The van der Waals surface area contributed by atoms with E-state index in [0.717, 1.165) is 31.6 Å². The molecule has 1 N–H and O–H groups in total. The fraction of sp³-hybridized carbons (Fsp3) is 0.895.